The number of benzene rings is 1. The van der Waals surface area contributed by atoms with Crippen LogP contribution in [0.1, 0.15) is 11.1 Å². The molecule has 9 heteroatoms. The molecule has 2 heterocycles. The Balaban J connectivity index is 1.65. The van der Waals surface area contributed by atoms with Crippen LogP contribution in [-0.4, -0.2) is 50.6 Å². The lowest BCUT2D eigenvalue weighted by Gasteiger charge is -2.26. The van der Waals surface area contributed by atoms with Gasteiger partial charge in [-0.3, -0.25) is 19.8 Å². The van der Waals surface area contributed by atoms with Crippen molar-refractivity contribution >= 4 is 23.9 Å². The number of carbonyl (C=O) groups excluding carboxylic acids is 3. The van der Waals surface area contributed by atoms with Crippen molar-refractivity contribution in [3.05, 3.63) is 41.7 Å². The van der Waals surface area contributed by atoms with Crippen molar-refractivity contribution in [2.24, 2.45) is 0 Å². The van der Waals surface area contributed by atoms with Crippen LogP contribution in [0.2, 0.25) is 0 Å². The van der Waals surface area contributed by atoms with E-state index in [1.807, 2.05) is 26.0 Å². The van der Waals surface area contributed by atoms with E-state index in [1.54, 1.807) is 0 Å². The van der Waals surface area contributed by atoms with E-state index in [1.165, 1.54) is 23.3 Å². The number of carbonyl (C=O) groups is 3. The second-order valence-electron chi connectivity index (χ2n) is 5.97. The van der Waals surface area contributed by atoms with Gasteiger partial charge in [-0.1, -0.05) is 17.2 Å². The minimum atomic E-state index is -0.545. The third-order valence-corrected chi connectivity index (χ3v) is 3.65. The van der Waals surface area contributed by atoms with Gasteiger partial charge in [0.05, 0.1) is 6.54 Å². The first-order valence-corrected chi connectivity index (χ1v) is 7.96. The predicted octanol–water partition coefficient (Wildman–Crippen LogP) is 0.0222. The topological polar surface area (TPSA) is 109 Å². The zero-order chi connectivity index (χ0) is 18.7. The molecule has 1 aromatic carbocycles. The van der Waals surface area contributed by atoms with Crippen LogP contribution in [0, 0.1) is 13.8 Å². The van der Waals surface area contributed by atoms with Gasteiger partial charge in [-0.15, -0.1) is 5.10 Å². The van der Waals surface area contributed by atoms with Crippen LogP contribution in [0.3, 0.4) is 0 Å². The molecule has 1 saturated heterocycles. The van der Waals surface area contributed by atoms with Gasteiger partial charge in [0.1, 0.15) is 12.9 Å². The molecule has 0 aliphatic carbocycles. The summed E-state index contributed by atoms with van der Waals surface area (Å²) in [6.07, 6.45) is 4.11. The summed E-state index contributed by atoms with van der Waals surface area (Å²) in [7, 11) is 0. The first kappa shape index (κ1) is 17.3. The van der Waals surface area contributed by atoms with Crippen LogP contribution >= 0.6 is 0 Å². The fourth-order valence-electron chi connectivity index (χ4n) is 2.56. The second-order valence-corrected chi connectivity index (χ2v) is 5.97. The van der Waals surface area contributed by atoms with Crippen molar-refractivity contribution < 1.29 is 14.4 Å². The highest BCUT2D eigenvalue weighted by Gasteiger charge is 2.23. The van der Waals surface area contributed by atoms with Gasteiger partial charge >= 0.3 is 0 Å². The summed E-state index contributed by atoms with van der Waals surface area (Å²) in [5.41, 5.74) is 5.48. The van der Waals surface area contributed by atoms with Crippen molar-refractivity contribution in [1.82, 2.24) is 30.5 Å². The van der Waals surface area contributed by atoms with Crippen molar-refractivity contribution in [3.63, 3.8) is 0 Å². The third-order valence-electron chi connectivity index (χ3n) is 3.65. The molecule has 26 heavy (non-hydrogen) atoms. The van der Waals surface area contributed by atoms with E-state index in [4.69, 9.17) is 0 Å². The minimum Gasteiger partial charge on any atom is -0.345 e. The average molecular weight is 354 g/mol. The average Bonchev–Trinajstić information content (AvgIpc) is 3.04. The molecule has 134 valence electrons. The number of hydrogen-bond donors (Lipinski definition) is 2. The Morgan fingerprint density at radius 2 is 1.96 bits per heavy atom. The molecule has 0 atom stereocenters. The highest BCUT2D eigenvalue weighted by atomic mass is 16.2. The summed E-state index contributed by atoms with van der Waals surface area (Å²) < 4.78 is 1.40. The Morgan fingerprint density at radius 3 is 2.69 bits per heavy atom. The van der Waals surface area contributed by atoms with E-state index in [0.717, 1.165) is 21.7 Å². The summed E-state index contributed by atoms with van der Waals surface area (Å²) in [5, 5.41) is 7.68. The SMILES string of the molecule is Cc1cc(C)cc(-c2ncn(/C=C\C(=O)NN3CC(=O)NCC3=O)n2)c1. The fraction of sp³-hybridized carbons (Fsp3) is 0.235. The second kappa shape index (κ2) is 7.18. The maximum atomic E-state index is 11.9. The van der Waals surface area contributed by atoms with Gasteiger partial charge in [-0.2, -0.15) is 0 Å². The van der Waals surface area contributed by atoms with Gasteiger partial charge in [0.15, 0.2) is 5.82 Å². The predicted molar refractivity (Wildman–Crippen MR) is 93.1 cm³/mol. The normalized spacial score (nSPS) is 14.6. The number of amides is 3. The minimum absolute atomic E-state index is 0.134. The van der Waals surface area contributed by atoms with Crippen LogP contribution in [0.25, 0.3) is 17.6 Å². The Morgan fingerprint density at radius 1 is 1.23 bits per heavy atom. The number of nitrogens with zero attached hydrogens (tertiary/aromatic N) is 4. The van der Waals surface area contributed by atoms with Crippen molar-refractivity contribution in [3.8, 4) is 11.4 Å². The Labute approximate surface area is 149 Å². The molecule has 3 amide bonds. The van der Waals surface area contributed by atoms with Crippen LogP contribution in [0.15, 0.2) is 30.6 Å². The van der Waals surface area contributed by atoms with E-state index in [-0.39, 0.29) is 24.9 Å². The van der Waals surface area contributed by atoms with Gasteiger partial charge in [0, 0.05) is 17.8 Å². The molecule has 0 unspecified atom stereocenters. The number of hydrogen-bond acceptors (Lipinski definition) is 5. The molecule has 3 rings (SSSR count). The van der Waals surface area contributed by atoms with Crippen LogP contribution in [0.5, 0.6) is 0 Å². The molecule has 0 saturated carbocycles. The van der Waals surface area contributed by atoms with Gasteiger partial charge in [0.2, 0.25) is 5.91 Å². The van der Waals surface area contributed by atoms with Gasteiger partial charge in [-0.05, 0) is 26.0 Å². The maximum Gasteiger partial charge on any atom is 0.264 e. The summed E-state index contributed by atoms with van der Waals surface area (Å²) in [6.45, 7) is 3.66. The largest absolute Gasteiger partial charge is 0.345 e. The number of hydrazine groups is 1. The first-order valence-electron chi connectivity index (χ1n) is 7.96. The van der Waals surface area contributed by atoms with Crippen molar-refractivity contribution in [1.29, 1.82) is 0 Å². The number of aryl methyl sites for hydroxylation is 2. The molecule has 0 spiro atoms. The van der Waals surface area contributed by atoms with Crippen LogP contribution in [0.4, 0.5) is 0 Å². The summed E-state index contributed by atoms with van der Waals surface area (Å²) in [6, 6.07) is 6.03. The van der Waals surface area contributed by atoms with Crippen molar-refractivity contribution in [2.45, 2.75) is 13.8 Å². The number of nitrogens with one attached hydrogen (secondary N) is 2. The lowest BCUT2D eigenvalue weighted by atomic mass is 10.1. The van der Waals surface area contributed by atoms with E-state index in [2.05, 4.69) is 26.9 Å². The molecular weight excluding hydrogens is 336 g/mol. The lowest BCUT2D eigenvalue weighted by molar-refractivity contribution is -0.146. The Bertz CT molecular complexity index is 881. The van der Waals surface area contributed by atoms with E-state index in [9.17, 15) is 14.4 Å². The molecule has 1 fully saturated rings. The smallest absolute Gasteiger partial charge is 0.264 e. The summed E-state index contributed by atoms with van der Waals surface area (Å²) >= 11 is 0. The monoisotopic (exact) mass is 354 g/mol. The molecule has 9 nitrogen and oxygen atoms in total. The van der Waals surface area contributed by atoms with Gasteiger partial charge in [0.25, 0.3) is 11.8 Å². The van der Waals surface area contributed by atoms with Gasteiger partial charge < -0.3 is 5.32 Å². The zero-order valence-corrected chi connectivity index (χ0v) is 14.4. The van der Waals surface area contributed by atoms with Crippen molar-refractivity contribution in [2.75, 3.05) is 13.1 Å². The molecule has 2 N–H and O–H groups in total. The quantitative estimate of drug-likeness (QED) is 0.753. The maximum absolute atomic E-state index is 11.9. The molecule has 1 aliphatic heterocycles. The highest BCUT2D eigenvalue weighted by molar-refractivity contribution is 5.96. The summed E-state index contributed by atoms with van der Waals surface area (Å²) in [4.78, 5) is 39.0. The van der Waals surface area contributed by atoms with Gasteiger partial charge in [-0.25, -0.2) is 14.7 Å². The standard InChI is InChI=1S/C17H18N6O3/c1-11-5-12(2)7-13(6-11)17-19-10-22(21-17)4-3-14(24)20-23-9-15(25)18-8-16(23)26/h3-7,10H,8-9H2,1-2H3,(H,18,25)(H,20,24)/b4-3-. The Hall–Kier alpha value is -3.49. The molecular formula is C17H18N6O3. The number of rotatable bonds is 4. The fourth-order valence-corrected chi connectivity index (χ4v) is 2.56. The molecule has 0 bridgehead atoms. The third kappa shape index (κ3) is 4.12. The number of aromatic nitrogens is 3. The first-order chi connectivity index (χ1) is 12.4. The van der Waals surface area contributed by atoms with E-state index >= 15 is 0 Å². The molecule has 1 aliphatic rings. The van der Waals surface area contributed by atoms with E-state index < -0.39 is 5.91 Å². The lowest BCUT2D eigenvalue weighted by Crippen LogP contribution is -2.57. The highest BCUT2D eigenvalue weighted by Crippen LogP contribution is 2.18. The van der Waals surface area contributed by atoms with Crippen LogP contribution in [-0.2, 0) is 14.4 Å². The molecule has 2 aromatic rings. The Kier molecular flexibility index (Phi) is 4.78. The number of piperazine rings is 1. The summed E-state index contributed by atoms with van der Waals surface area (Å²) in [5.74, 6) is -0.714. The van der Waals surface area contributed by atoms with E-state index in [0.29, 0.717) is 5.82 Å². The zero-order valence-electron chi connectivity index (χ0n) is 14.4. The van der Waals surface area contributed by atoms with Crippen LogP contribution < -0.4 is 10.7 Å². The molecule has 1 aromatic heterocycles. The molecule has 0 radical (unpaired) electrons.